The Balaban J connectivity index is 1.40. The molecule has 1 amide bonds. The van der Waals surface area contributed by atoms with Crippen molar-refractivity contribution in [1.29, 1.82) is 0 Å². The van der Waals surface area contributed by atoms with E-state index < -0.39 is 23.4 Å². The number of hydrogen-bond donors (Lipinski definition) is 0. The summed E-state index contributed by atoms with van der Waals surface area (Å²) >= 11 is 0. The maximum atomic E-state index is 13.3. The monoisotopic (exact) mass is 500 g/mol. The van der Waals surface area contributed by atoms with E-state index in [1.807, 2.05) is 18.7 Å². The second kappa shape index (κ2) is 11.2. The van der Waals surface area contributed by atoms with E-state index in [9.17, 15) is 26.7 Å². The summed E-state index contributed by atoms with van der Waals surface area (Å²) < 4.78 is 72.5. The van der Waals surface area contributed by atoms with Crippen LogP contribution in [0.15, 0.2) is 42.5 Å². The first-order valence-electron chi connectivity index (χ1n) is 11.4. The van der Waals surface area contributed by atoms with E-state index in [1.54, 1.807) is 12.1 Å². The molecular formula is C25H29F5N2O3. The van der Waals surface area contributed by atoms with Gasteiger partial charge in [0.1, 0.15) is 11.5 Å². The van der Waals surface area contributed by atoms with Crippen molar-refractivity contribution in [2.75, 3.05) is 32.8 Å². The molecule has 0 radical (unpaired) electrons. The fourth-order valence-electron chi connectivity index (χ4n) is 3.97. The Kier molecular flexibility index (Phi) is 8.58. The highest BCUT2D eigenvalue weighted by molar-refractivity contribution is 5.82. The maximum Gasteiger partial charge on any atom is 0.573 e. The van der Waals surface area contributed by atoms with E-state index in [-0.39, 0.29) is 24.0 Å². The van der Waals surface area contributed by atoms with Crippen molar-refractivity contribution < 1.29 is 36.2 Å². The summed E-state index contributed by atoms with van der Waals surface area (Å²) in [5, 5.41) is 0. The van der Waals surface area contributed by atoms with Gasteiger partial charge >= 0.3 is 6.36 Å². The normalized spacial score (nSPS) is 15.2. The largest absolute Gasteiger partial charge is 0.573 e. The van der Waals surface area contributed by atoms with Crippen molar-refractivity contribution in [1.82, 2.24) is 9.80 Å². The van der Waals surface area contributed by atoms with Crippen LogP contribution < -0.4 is 9.47 Å². The molecule has 2 aromatic rings. The van der Waals surface area contributed by atoms with Crippen molar-refractivity contribution in [3.8, 4) is 11.5 Å². The van der Waals surface area contributed by atoms with Crippen molar-refractivity contribution >= 4 is 5.91 Å². The lowest BCUT2D eigenvalue weighted by Crippen LogP contribution is -2.51. The van der Waals surface area contributed by atoms with Crippen LogP contribution in [0.3, 0.4) is 0 Å². The third-order valence-corrected chi connectivity index (χ3v) is 5.91. The lowest BCUT2D eigenvalue weighted by Gasteiger charge is -2.38. The van der Waals surface area contributed by atoms with Crippen molar-refractivity contribution in [3.05, 3.63) is 59.7 Å². The number of amides is 1. The van der Waals surface area contributed by atoms with Crippen LogP contribution in [0.2, 0.25) is 0 Å². The Morgan fingerprint density at radius 1 is 0.914 bits per heavy atom. The fraction of sp³-hybridized carbons (Fsp3) is 0.480. The maximum absolute atomic E-state index is 13.3. The van der Waals surface area contributed by atoms with Gasteiger partial charge in [0.05, 0.1) is 6.61 Å². The Hall–Kier alpha value is -2.88. The molecule has 35 heavy (non-hydrogen) atoms. The first kappa shape index (κ1) is 26.7. The van der Waals surface area contributed by atoms with E-state index in [4.69, 9.17) is 4.74 Å². The molecule has 10 heteroatoms. The number of nitrogens with zero attached hydrogens (tertiary/aromatic N) is 2. The van der Waals surface area contributed by atoms with Crippen LogP contribution in [-0.4, -0.2) is 54.9 Å². The topological polar surface area (TPSA) is 42.0 Å². The molecule has 1 saturated heterocycles. The Bertz CT molecular complexity index is 988. The number of benzene rings is 2. The van der Waals surface area contributed by atoms with E-state index >= 15 is 0 Å². The average Bonchev–Trinajstić information content (AvgIpc) is 2.79. The van der Waals surface area contributed by atoms with Gasteiger partial charge in [-0.3, -0.25) is 9.69 Å². The summed E-state index contributed by atoms with van der Waals surface area (Å²) in [5.41, 5.74) is 0.258. The lowest BCUT2D eigenvalue weighted by molar-refractivity contribution is -0.274. The number of ether oxygens (including phenoxy) is 2. The Labute approximate surface area is 201 Å². The fourth-order valence-corrected chi connectivity index (χ4v) is 3.97. The number of piperazine rings is 1. The summed E-state index contributed by atoms with van der Waals surface area (Å²) in [5.74, 6) is -1.87. The van der Waals surface area contributed by atoms with Crippen molar-refractivity contribution in [2.45, 2.75) is 39.6 Å². The number of hydrogen-bond acceptors (Lipinski definition) is 4. The highest BCUT2D eigenvalue weighted by Crippen LogP contribution is 2.27. The SMILES string of the molecule is CC(C)(CCCOc1ccc(F)c(F)c1)C(=O)N1CCN(Cc2ccc(OC(F)(F)F)cc2)CC1. The van der Waals surface area contributed by atoms with Crippen LogP contribution in [0, 0.1) is 17.0 Å². The minimum absolute atomic E-state index is 0.0404. The van der Waals surface area contributed by atoms with Gasteiger partial charge in [0.15, 0.2) is 11.6 Å². The summed E-state index contributed by atoms with van der Waals surface area (Å²) in [6.07, 6.45) is -3.57. The van der Waals surface area contributed by atoms with Gasteiger partial charge in [-0.1, -0.05) is 26.0 Å². The van der Waals surface area contributed by atoms with Crippen LogP contribution in [0.5, 0.6) is 11.5 Å². The molecule has 5 nitrogen and oxygen atoms in total. The number of carbonyl (C=O) groups is 1. The molecule has 192 valence electrons. The van der Waals surface area contributed by atoms with Crippen LogP contribution in [0.4, 0.5) is 22.0 Å². The van der Waals surface area contributed by atoms with Crippen LogP contribution in [-0.2, 0) is 11.3 Å². The van der Waals surface area contributed by atoms with Crippen LogP contribution in [0.25, 0.3) is 0 Å². The van der Waals surface area contributed by atoms with Crippen LogP contribution >= 0.6 is 0 Å². The zero-order valence-electron chi connectivity index (χ0n) is 19.7. The smallest absolute Gasteiger partial charge is 0.493 e. The van der Waals surface area contributed by atoms with Gasteiger partial charge in [0, 0.05) is 44.2 Å². The molecule has 0 saturated carbocycles. The highest BCUT2D eigenvalue weighted by atomic mass is 19.4. The summed E-state index contributed by atoms with van der Waals surface area (Å²) in [6.45, 7) is 7.03. The molecule has 1 aliphatic heterocycles. The van der Waals surface area contributed by atoms with E-state index in [0.717, 1.165) is 17.7 Å². The average molecular weight is 501 g/mol. The number of halogens is 5. The van der Waals surface area contributed by atoms with Crippen molar-refractivity contribution in [2.24, 2.45) is 5.41 Å². The first-order chi connectivity index (χ1) is 16.4. The van der Waals surface area contributed by atoms with Gasteiger partial charge in [0.25, 0.3) is 0 Å². The van der Waals surface area contributed by atoms with Crippen LogP contribution in [0.1, 0.15) is 32.3 Å². The van der Waals surface area contributed by atoms with Gasteiger partial charge in [-0.05, 0) is 42.7 Å². The molecule has 0 atom stereocenters. The Morgan fingerprint density at radius 2 is 1.54 bits per heavy atom. The zero-order chi connectivity index (χ0) is 25.6. The molecule has 3 rings (SSSR count). The molecule has 0 aromatic heterocycles. The molecule has 1 fully saturated rings. The predicted octanol–water partition coefficient (Wildman–Crippen LogP) is 5.39. The molecule has 0 bridgehead atoms. The lowest BCUT2D eigenvalue weighted by atomic mass is 9.86. The summed E-state index contributed by atoms with van der Waals surface area (Å²) in [4.78, 5) is 17.0. The first-order valence-corrected chi connectivity index (χ1v) is 11.4. The van der Waals surface area contributed by atoms with Gasteiger partial charge < -0.3 is 14.4 Å². The highest BCUT2D eigenvalue weighted by Gasteiger charge is 2.33. The van der Waals surface area contributed by atoms with Gasteiger partial charge in [-0.25, -0.2) is 8.78 Å². The van der Waals surface area contributed by atoms with Gasteiger partial charge in [-0.2, -0.15) is 0 Å². The standard InChI is InChI=1S/C25H29F5N2O3/c1-24(2,10-3-15-34-20-8-9-21(26)22(27)16-20)23(33)32-13-11-31(12-14-32)17-18-4-6-19(7-5-18)35-25(28,29)30/h4-9,16H,3,10-15,17H2,1-2H3. The third kappa shape index (κ3) is 8.09. The molecule has 1 heterocycles. The number of carbonyl (C=O) groups excluding carboxylic acids is 1. The minimum atomic E-state index is -4.72. The molecule has 0 N–H and O–H groups in total. The molecular weight excluding hydrogens is 471 g/mol. The predicted molar refractivity (Wildman–Crippen MR) is 120 cm³/mol. The zero-order valence-corrected chi connectivity index (χ0v) is 19.7. The second-order valence-corrected chi connectivity index (χ2v) is 9.17. The summed E-state index contributed by atoms with van der Waals surface area (Å²) in [6, 6.07) is 9.15. The molecule has 2 aromatic carbocycles. The van der Waals surface area contributed by atoms with Gasteiger partial charge in [0.2, 0.25) is 5.91 Å². The Morgan fingerprint density at radius 3 is 2.14 bits per heavy atom. The van der Waals surface area contributed by atoms with E-state index in [0.29, 0.717) is 45.6 Å². The van der Waals surface area contributed by atoms with Gasteiger partial charge in [-0.15, -0.1) is 13.2 Å². The molecule has 0 aliphatic carbocycles. The molecule has 1 aliphatic rings. The number of alkyl halides is 3. The molecule has 0 spiro atoms. The quantitative estimate of drug-likeness (QED) is 0.342. The van der Waals surface area contributed by atoms with E-state index in [2.05, 4.69) is 9.64 Å². The minimum Gasteiger partial charge on any atom is -0.493 e. The summed E-state index contributed by atoms with van der Waals surface area (Å²) in [7, 11) is 0. The molecule has 0 unspecified atom stereocenters. The van der Waals surface area contributed by atoms with E-state index in [1.165, 1.54) is 18.2 Å². The third-order valence-electron chi connectivity index (χ3n) is 5.91. The van der Waals surface area contributed by atoms with Crippen molar-refractivity contribution in [3.63, 3.8) is 0 Å². The second-order valence-electron chi connectivity index (χ2n) is 9.17. The number of rotatable bonds is 9.